The number of hydrogen-bond donors (Lipinski definition) is 0. The van der Waals surface area contributed by atoms with Crippen LogP contribution in [-0.4, -0.2) is 78.6 Å². The van der Waals surface area contributed by atoms with Gasteiger partial charge in [0.2, 0.25) is 21.8 Å². The van der Waals surface area contributed by atoms with Gasteiger partial charge >= 0.3 is 0 Å². The molecule has 0 spiro atoms. The standard InChI is InChI=1S/C25H32N4O4S/c1-25(2,21-7-4-3-5-8-21)24(31)28-17-15-27(16-18-28)23(30)20-10-13-29(14-11-20)34(32,33)22-9-6-12-26-19-22/h3-9,12,19-20H,10-11,13-18H2,1-2H3. The zero-order valence-corrected chi connectivity index (χ0v) is 20.6. The molecule has 3 heterocycles. The van der Waals surface area contributed by atoms with Gasteiger partial charge in [-0.05, 0) is 44.4 Å². The molecule has 0 saturated carbocycles. The molecule has 2 aromatic rings. The Kier molecular flexibility index (Phi) is 7.04. The summed E-state index contributed by atoms with van der Waals surface area (Å²) in [5, 5.41) is 0. The topological polar surface area (TPSA) is 90.9 Å². The summed E-state index contributed by atoms with van der Waals surface area (Å²) < 4.78 is 27.0. The highest BCUT2D eigenvalue weighted by Crippen LogP contribution is 2.28. The molecule has 2 fully saturated rings. The van der Waals surface area contributed by atoms with Crippen LogP contribution in [0.1, 0.15) is 32.3 Å². The van der Waals surface area contributed by atoms with Crippen molar-refractivity contribution < 1.29 is 18.0 Å². The van der Waals surface area contributed by atoms with Crippen LogP contribution >= 0.6 is 0 Å². The Morgan fingerprint density at radius 1 is 0.882 bits per heavy atom. The zero-order valence-electron chi connectivity index (χ0n) is 19.8. The van der Waals surface area contributed by atoms with Gasteiger partial charge in [-0.1, -0.05) is 30.3 Å². The van der Waals surface area contributed by atoms with Crippen LogP contribution in [-0.2, 0) is 25.0 Å². The Morgan fingerprint density at radius 3 is 2.09 bits per heavy atom. The van der Waals surface area contributed by atoms with Gasteiger partial charge in [-0.25, -0.2) is 8.42 Å². The van der Waals surface area contributed by atoms with Gasteiger partial charge in [-0.3, -0.25) is 14.6 Å². The van der Waals surface area contributed by atoms with Crippen molar-refractivity contribution in [1.82, 2.24) is 19.1 Å². The molecule has 0 unspecified atom stereocenters. The lowest BCUT2D eigenvalue weighted by atomic mass is 9.83. The first kappa shape index (κ1) is 24.3. The smallest absolute Gasteiger partial charge is 0.244 e. The van der Waals surface area contributed by atoms with Crippen LogP contribution in [0.25, 0.3) is 0 Å². The number of piperidine rings is 1. The number of hydrogen-bond acceptors (Lipinski definition) is 5. The van der Waals surface area contributed by atoms with Gasteiger partial charge in [0.25, 0.3) is 0 Å². The first-order valence-electron chi connectivity index (χ1n) is 11.7. The number of rotatable bonds is 5. The summed E-state index contributed by atoms with van der Waals surface area (Å²) in [6.45, 7) is 6.54. The molecule has 1 aromatic heterocycles. The van der Waals surface area contributed by atoms with Crippen molar-refractivity contribution in [2.45, 2.75) is 37.0 Å². The van der Waals surface area contributed by atoms with Gasteiger partial charge in [-0.15, -0.1) is 0 Å². The molecule has 2 aliphatic heterocycles. The predicted octanol–water partition coefficient (Wildman–Crippen LogP) is 2.13. The fraction of sp³-hybridized carbons (Fsp3) is 0.480. The molecule has 182 valence electrons. The van der Waals surface area contributed by atoms with E-state index >= 15 is 0 Å². The van der Waals surface area contributed by atoms with Gasteiger partial charge < -0.3 is 9.80 Å². The number of sulfonamides is 1. The lowest BCUT2D eigenvalue weighted by molar-refractivity contribution is -0.145. The number of pyridine rings is 1. The van der Waals surface area contributed by atoms with Crippen LogP contribution in [0, 0.1) is 5.92 Å². The lowest BCUT2D eigenvalue weighted by Crippen LogP contribution is -2.55. The average Bonchev–Trinajstić information content (AvgIpc) is 2.89. The molecule has 2 saturated heterocycles. The number of carbonyl (C=O) groups excluding carboxylic acids is 2. The Labute approximate surface area is 201 Å². The van der Waals surface area contributed by atoms with Crippen LogP contribution in [0.3, 0.4) is 0 Å². The van der Waals surface area contributed by atoms with Crippen LogP contribution in [0.5, 0.6) is 0 Å². The fourth-order valence-electron chi connectivity index (χ4n) is 4.75. The normalized spacial score (nSPS) is 18.6. The second-order valence-electron chi connectivity index (χ2n) is 9.48. The molecule has 2 amide bonds. The Balaban J connectivity index is 1.30. The molecular weight excluding hydrogens is 452 g/mol. The molecule has 9 heteroatoms. The number of aromatic nitrogens is 1. The molecule has 0 aliphatic carbocycles. The zero-order chi connectivity index (χ0) is 24.3. The van der Waals surface area contributed by atoms with E-state index in [9.17, 15) is 18.0 Å². The van der Waals surface area contributed by atoms with Crippen molar-refractivity contribution in [1.29, 1.82) is 0 Å². The van der Waals surface area contributed by atoms with E-state index < -0.39 is 15.4 Å². The van der Waals surface area contributed by atoms with Gasteiger partial charge in [0.05, 0.1) is 5.41 Å². The second kappa shape index (κ2) is 9.84. The summed E-state index contributed by atoms with van der Waals surface area (Å²) in [6, 6.07) is 12.9. The van der Waals surface area contributed by atoms with Crippen molar-refractivity contribution in [3.8, 4) is 0 Å². The molecule has 0 N–H and O–H groups in total. The molecular formula is C25H32N4O4S. The number of piperazine rings is 1. The summed E-state index contributed by atoms with van der Waals surface area (Å²) in [6.07, 6.45) is 3.89. The molecule has 4 rings (SSSR count). The lowest BCUT2D eigenvalue weighted by Gasteiger charge is -2.40. The summed E-state index contributed by atoms with van der Waals surface area (Å²) in [5.74, 6) is -0.0593. The van der Waals surface area contributed by atoms with E-state index in [4.69, 9.17) is 0 Å². The van der Waals surface area contributed by atoms with Crippen molar-refractivity contribution in [2.24, 2.45) is 5.92 Å². The van der Waals surface area contributed by atoms with E-state index in [0.29, 0.717) is 52.1 Å². The van der Waals surface area contributed by atoms with Crippen molar-refractivity contribution in [2.75, 3.05) is 39.3 Å². The van der Waals surface area contributed by atoms with E-state index in [1.807, 2.05) is 54.0 Å². The molecule has 34 heavy (non-hydrogen) atoms. The first-order chi connectivity index (χ1) is 16.2. The van der Waals surface area contributed by atoms with Crippen molar-refractivity contribution >= 4 is 21.8 Å². The minimum absolute atomic E-state index is 0.0628. The van der Waals surface area contributed by atoms with Crippen molar-refractivity contribution in [3.05, 3.63) is 60.4 Å². The molecule has 0 bridgehead atoms. The van der Waals surface area contributed by atoms with Gasteiger partial charge in [0.15, 0.2) is 0 Å². The van der Waals surface area contributed by atoms with E-state index in [0.717, 1.165) is 5.56 Å². The second-order valence-corrected chi connectivity index (χ2v) is 11.4. The highest BCUT2D eigenvalue weighted by molar-refractivity contribution is 7.89. The molecule has 1 aromatic carbocycles. The van der Waals surface area contributed by atoms with Crippen LogP contribution in [0.2, 0.25) is 0 Å². The van der Waals surface area contributed by atoms with Gasteiger partial charge in [-0.2, -0.15) is 4.31 Å². The van der Waals surface area contributed by atoms with E-state index in [1.165, 1.54) is 10.5 Å². The molecule has 0 radical (unpaired) electrons. The first-order valence-corrected chi connectivity index (χ1v) is 13.2. The van der Waals surface area contributed by atoms with Crippen LogP contribution in [0.15, 0.2) is 59.8 Å². The summed E-state index contributed by atoms with van der Waals surface area (Å²) in [4.78, 5) is 34.1. The molecule has 2 aliphatic rings. The van der Waals surface area contributed by atoms with Gasteiger partial charge in [0.1, 0.15) is 4.90 Å². The number of amides is 2. The quantitative estimate of drug-likeness (QED) is 0.649. The van der Waals surface area contributed by atoms with Crippen LogP contribution in [0.4, 0.5) is 0 Å². The maximum Gasteiger partial charge on any atom is 0.244 e. The highest BCUT2D eigenvalue weighted by atomic mass is 32.2. The molecule has 8 nitrogen and oxygen atoms in total. The SMILES string of the molecule is CC(C)(C(=O)N1CCN(C(=O)C2CCN(S(=O)(=O)c3cccnc3)CC2)CC1)c1ccccc1. The number of carbonyl (C=O) groups is 2. The maximum atomic E-state index is 13.2. The monoisotopic (exact) mass is 484 g/mol. The Hall–Kier alpha value is -2.78. The molecule has 0 atom stereocenters. The van der Waals surface area contributed by atoms with Gasteiger partial charge in [0, 0.05) is 57.6 Å². The summed E-state index contributed by atoms with van der Waals surface area (Å²) in [5.41, 5.74) is 0.353. The van der Waals surface area contributed by atoms with E-state index in [-0.39, 0.29) is 22.6 Å². The number of nitrogens with zero attached hydrogens (tertiary/aromatic N) is 4. The minimum atomic E-state index is -3.59. The third-order valence-electron chi connectivity index (χ3n) is 6.98. The largest absolute Gasteiger partial charge is 0.339 e. The Morgan fingerprint density at radius 2 is 1.50 bits per heavy atom. The van der Waals surface area contributed by atoms with Crippen LogP contribution < -0.4 is 0 Å². The summed E-state index contributed by atoms with van der Waals surface area (Å²) >= 11 is 0. The van der Waals surface area contributed by atoms with E-state index in [1.54, 1.807) is 18.3 Å². The summed E-state index contributed by atoms with van der Waals surface area (Å²) in [7, 11) is -3.59. The fourth-order valence-corrected chi connectivity index (χ4v) is 6.19. The Bertz CT molecular complexity index is 1110. The predicted molar refractivity (Wildman–Crippen MR) is 128 cm³/mol. The minimum Gasteiger partial charge on any atom is -0.339 e. The highest BCUT2D eigenvalue weighted by Gasteiger charge is 2.38. The third kappa shape index (κ3) is 4.86. The number of benzene rings is 1. The maximum absolute atomic E-state index is 13.2. The van der Waals surface area contributed by atoms with Crippen molar-refractivity contribution in [3.63, 3.8) is 0 Å². The third-order valence-corrected chi connectivity index (χ3v) is 8.87. The van der Waals surface area contributed by atoms with E-state index in [2.05, 4.69) is 4.98 Å². The average molecular weight is 485 g/mol.